The van der Waals surface area contributed by atoms with E-state index in [1.165, 1.54) is 14.2 Å². The van der Waals surface area contributed by atoms with Gasteiger partial charge in [-0.05, 0) is 27.6 Å². The molecule has 2 aliphatic heterocycles. The van der Waals surface area contributed by atoms with Gasteiger partial charge in [0.15, 0.2) is 6.04 Å². The molecule has 4 fully saturated rings. The molecule has 4 rings (SSSR count). The highest BCUT2D eigenvalue weighted by Gasteiger charge is 2.70. The smallest absolute Gasteiger partial charge is 0.364 e. The molecule has 2 saturated heterocycles. The summed E-state index contributed by atoms with van der Waals surface area (Å²) in [4.78, 5) is 48.2. The van der Waals surface area contributed by atoms with Crippen LogP contribution >= 0.6 is 0 Å². The third kappa shape index (κ3) is 7.61. The van der Waals surface area contributed by atoms with Crippen molar-refractivity contribution in [2.24, 2.45) is 57.2 Å². The number of carbonyl (C=O) groups excluding carboxylic acids is 3. The summed E-state index contributed by atoms with van der Waals surface area (Å²) in [6, 6.07) is -0.313. The fraction of sp³-hybridized carbons (Fsp3) is 0.875. The first-order chi connectivity index (χ1) is 18.5. The Hall–Kier alpha value is -1.87. The van der Waals surface area contributed by atoms with E-state index in [-0.39, 0.29) is 70.3 Å². The van der Waals surface area contributed by atoms with E-state index >= 15 is 0 Å². The van der Waals surface area contributed by atoms with E-state index in [9.17, 15) is 19.2 Å². The molecular weight excluding hydrogens is 560 g/mol. The van der Waals surface area contributed by atoms with E-state index in [2.05, 4.69) is 53.8 Å². The summed E-state index contributed by atoms with van der Waals surface area (Å²) in [5.41, 5.74) is 0.320. The van der Waals surface area contributed by atoms with Crippen molar-refractivity contribution in [2.45, 2.75) is 95.2 Å². The molecule has 9 nitrogen and oxygen atoms in total. The molecule has 2 aliphatic carbocycles. The minimum Gasteiger partial charge on any atom is -1.00 e. The largest absolute Gasteiger partial charge is 1.00 e. The van der Waals surface area contributed by atoms with Gasteiger partial charge in [-0.2, -0.15) is 0 Å². The molecule has 0 bridgehead atoms. The first-order valence-corrected chi connectivity index (χ1v) is 15.0. The number of aliphatic carboxylic acids is 1. The number of nitrogens with zero attached hydrogens (tertiary/aromatic N) is 1. The number of rotatable bonds is 4. The molecule has 8 atom stereocenters. The number of fused-ring (bicyclic) bond motifs is 2. The quantitative estimate of drug-likeness (QED) is 0.440. The molecule has 3 N–H and O–H groups in total. The van der Waals surface area contributed by atoms with Gasteiger partial charge in [-0.1, -0.05) is 83.1 Å². The van der Waals surface area contributed by atoms with E-state index in [0.717, 1.165) is 12.5 Å². The van der Waals surface area contributed by atoms with Crippen LogP contribution < -0.4 is 17.7 Å². The molecule has 2 saturated carbocycles. The fourth-order valence-corrected chi connectivity index (χ4v) is 6.66. The van der Waals surface area contributed by atoms with Crippen molar-refractivity contribution >= 4 is 23.8 Å². The first-order valence-electron chi connectivity index (χ1n) is 15.0. The maximum absolute atomic E-state index is 12.7. The van der Waals surface area contributed by atoms with E-state index in [1.54, 1.807) is 11.8 Å². The molecule has 0 spiro atoms. The van der Waals surface area contributed by atoms with Crippen LogP contribution in [0.15, 0.2) is 0 Å². The lowest BCUT2D eigenvalue weighted by Gasteiger charge is -2.35. The number of ether oxygens (including phenoxy) is 2. The maximum Gasteiger partial charge on any atom is 0.364 e. The lowest BCUT2D eigenvalue weighted by atomic mass is 9.81. The molecule has 1 amide bonds. The van der Waals surface area contributed by atoms with Crippen molar-refractivity contribution < 1.29 is 51.5 Å². The minimum absolute atomic E-state index is 0. The summed E-state index contributed by atoms with van der Waals surface area (Å²) in [7, 11) is 2.87. The number of piperidine rings is 2. The van der Waals surface area contributed by atoms with Gasteiger partial charge in [0.25, 0.3) is 0 Å². The number of esters is 2. The average molecular weight is 617 g/mol. The number of amides is 1. The minimum atomic E-state index is -0.720. The van der Waals surface area contributed by atoms with Crippen molar-refractivity contribution in [3.05, 3.63) is 0 Å². The lowest BCUT2D eigenvalue weighted by molar-refractivity contribution is -0.670. The summed E-state index contributed by atoms with van der Waals surface area (Å²) in [6.45, 7) is 26.2. The van der Waals surface area contributed by atoms with Gasteiger partial charge in [-0.25, -0.2) is 9.59 Å². The lowest BCUT2D eigenvalue weighted by Crippen LogP contribution is -3.00. The SMILES string of the molecule is COC(=O)[C@@H]1C2C(CN1C(=O)C(C)C(C)(C)C)C2(C)C.COC(=O)[C@H]1[NH2+]CC2C1C2(C)C.C[C@H](C(=O)O)C(C)(C)C.[Cl-]. The van der Waals surface area contributed by atoms with Crippen LogP contribution in [0.25, 0.3) is 0 Å². The van der Waals surface area contributed by atoms with Crippen molar-refractivity contribution in [3.8, 4) is 0 Å². The Morgan fingerprint density at radius 2 is 1.26 bits per heavy atom. The summed E-state index contributed by atoms with van der Waals surface area (Å²) >= 11 is 0. The molecule has 2 heterocycles. The first kappa shape index (κ1) is 38.2. The van der Waals surface area contributed by atoms with Crippen molar-refractivity contribution in [3.63, 3.8) is 0 Å². The zero-order chi connectivity index (χ0) is 32.0. The zero-order valence-electron chi connectivity index (χ0n) is 28.3. The number of carboxylic acid groups (broad SMARTS) is 1. The summed E-state index contributed by atoms with van der Waals surface area (Å²) in [6.07, 6.45) is 0. The third-order valence-electron chi connectivity index (χ3n) is 10.9. The second kappa shape index (κ2) is 13.0. The summed E-state index contributed by atoms with van der Waals surface area (Å²) in [5.74, 6) is 0.664. The number of carbonyl (C=O) groups is 4. The highest BCUT2D eigenvalue weighted by Crippen LogP contribution is 2.65. The summed E-state index contributed by atoms with van der Waals surface area (Å²) in [5, 5.41) is 10.6. The third-order valence-corrected chi connectivity index (χ3v) is 10.9. The standard InChI is InChI=1S/C16H27NO3.C9H15NO2.C7H14O2.ClH/c1-9(15(2,3)4)13(18)17-8-10-11(16(10,5)6)12(17)14(19)20-7;1-9(2)5-4-10-7(6(5)9)8(11)12-3;1-5(6(8)9)7(2,3)4;/h9-12H,8H2,1-7H3;5-7,10H,4H2,1-3H3;5H,1-4H3,(H,8,9);1H/t9?,10?,11?,12-;5?,6?,7-;5-;/m001./s1. The predicted octanol–water partition coefficient (Wildman–Crippen LogP) is 0.459. The van der Waals surface area contributed by atoms with Crippen LogP contribution in [0.5, 0.6) is 0 Å². The van der Waals surface area contributed by atoms with Crippen LogP contribution in [0.3, 0.4) is 0 Å². The van der Waals surface area contributed by atoms with E-state index in [0.29, 0.717) is 23.8 Å². The average Bonchev–Trinajstić information content (AvgIpc) is 3.36. The van der Waals surface area contributed by atoms with Gasteiger partial charge in [0.2, 0.25) is 5.91 Å². The van der Waals surface area contributed by atoms with Gasteiger partial charge in [0.1, 0.15) is 6.04 Å². The zero-order valence-corrected chi connectivity index (χ0v) is 29.1. The molecule has 4 aliphatic rings. The molecule has 0 radical (unpaired) electrons. The number of hydrogen-bond acceptors (Lipinski definition) is 6. The Bertz CT molecular complexity index is 1010. The van der Waals surface area contributed by atoms with Crippen LogP contribution in [-0.2, 0) is 28.7 Å². The van der Waals surface area contributed by atoms with E-state index in [4.69, 9.17) is 14.6 Å². The van der Waals surface area contributed by atoms with Crippen LogP contribution in [0.4, 0.5) is 0 Å². The van der Waals surface area contributed by atoms with Gasteiger partial charge in [-0.15, -0.1) is 0 Å². The monoisotopic (exact) mass is 616 g/mol. The van der Waals surface area contributed by atoms with E-state index in [1.807, 2.05) is 27.7 Å². The summed E-state index contributed by atoms with van der Waals surface area (Å²) < 4.78 is 9.69. The Balaban J connectivity index is 0.000000342. The number of methoxy groups -OCH3 is 2. The molecule has 42 heavy (non-hydrogen) atoms. The second-order valence-electron chi connectivity index (χ2n) is 15.9. The van der Waals surface area contributed by atoms with Gasteiger partial charge in [0.05, 0.1) is 26.7 Å². The predicted molar refractivity (Wildman–Crippen MR) is 157 cm³/mol. The number of nitrogens with two attached hydrogens (primary N) is 1. The van der Waals surface area contributed by atoms with E-state index < -0.39 is 12.0 Å². The van der Waals surface area contributed by atoms with Gasteiger partial charge in [-0.3, -0.25) is 9.59 Å². The maximum atomic E-state index is 12.7. The van der Waals surface area contributed by atoms with Crippen LogP contribution in [-0.4, -0.2) is 73.2 Å². The Kier molecular flexibility index (Phi) is 11.8. The molecule has 0 aromatic rings. The molecule has 10 heteroatoms. The molecule has 0 aromatic carbocycles. The van der Waals surface area contributed by atoms with Crippen LogP contribution in [0.1, 0.15) is 83.1 Å². The Morgan fingerprint density at radius 1 is 0.810 bits per heavy atom. The molecule has 0 aromatic heterocycles. The number of quaternary nitrogens is 1. The fourth-order valence-electron chi connectivity index (χ4n) is 6.66. The van der Waals surface area contributed by atoms with Crippen LogP contribution in [0.2, 0.25) is 0 Å². The molecule has 5 unspecified atom stereocenters. The second-order valence-corrected chi connectivity index (χ2v) is 15.9. The Morgan fingerprint density at radius 3 is 1.60 bits per heavy atom. The molecular formula is C32H57ClN2O7. The molecule has 244 valence electrons. The number of hydrogen-bond donors (Lipinski definition) is 2. The van der Waals surface area contributed by atoms with Gasteiger partial charge < -0.3 is 37.2 Å². The normalized spacial score (nSPS) is 30.8. The van der Waals surface area contributed by atoms with Crippen molar-refractivity contribution in [2.75, 3.05) is 27.3 Å². The topological polar surface area (TPSA) is 127 Å². The van der Waals surface area contributed by atoms with Crippen molar-refractivity contribution in [1.82, 2.24) is 4.90 Å². The van der Waals surface area contributed by atoms with Crippen molar-refractivity contribution in [1.29, 1.82) is 0 Å². The number of carboxylic acids is 1. The van der Waals surface area contributed by atoms with Crippen LogP contribution in [0, 0.1) is 57.2 Å². The number of halogens is 1. The number of likely N-dealkylation sites (tertiary alicyclic amines) is 1. The Labute approximate surface area is 259 Å². The van der Waals surface area contributed by atoms with Gasteiger partial charge >= 0.3 is 17.9 Å². The highest BCUT2D eigenvalue weighted by atomic mass is 35.5. The van der Waals surface area contributed by atoms with Gasteiger partial charge in [0, 0.05) is 30.2 Å². The highest BCUT2D eigenvalue weighted by molar-refractivity contribution is 5.88.